The van der Waals surface area contributed by atoms with Gasteiger partial charge in [-0.2, -0.15) is 0 Å². The molecule has 0 heterocycles. The molecule has 2 aromatic rings. The summed E-state index contributed by atoms with van der Waals surface area (Å²) in [5.74, 6) is 0.983. The Morgan fingerprint density at radius 3 is 2.17 bits per heavy atom. The lowest BCUT2D eigenvalue weighted by Crippen LogP contribution is -2.56. The number of ether oxygens (including phenoxy) is 1. The number of hydrogen-bond donors (Lipinski definition) is 1. The number of carbonyl (C=O) groups excluding carboxylic acids is 2. The van der Waals surface area contributed by atoms with Gasteiger partial charge in [0.05, 0.1) is 10.5 Å². The molecule has 1 unspecified atom stereocenters. The van der Waals surface area contributed by atoms with Crippen molar-refractivity contribution in [1.29, 1.82) is 0 Å². The number of nitro groups is 1. The molecule has 4 aliphatic carbocycles. The van der Waals surface area contributed by atoms with E-state index in [1.54, 1.807) is 30.3 Å². The van der Waals surface area contributed by atoms with Gasteiger partial charge in [0, 0.05) is 23.9 Å². The highest BCUT2D eigenvalue weighted by atomic mass is 32.2. The van der Waals surface area contributed by atoms with Crippen LogP contribution in [-0.4, -0.2) is 37.5 Å². The first-order chi connectivity index (χ1) is 17.1. The van der Waals surface area contributed by atoms with E-state index in [-0.39, 0.29) is 11.6 Å². The maximum absolute atomic E-state index is 13.5. The van der Waals surface area contributed by atoms with Crippen molar-refractivity contribution in [2.75, 3.05) is 6.26 Å². The van der Waals surface area contributed by atoms with Crippen molar-refractivity contribution >= 4 is 27.4 Å². The summed E-state index contributed by atoms with van der Waals surface area (Å²) in [6, 6.07) is 11.7. The number of esters is 1. The van der Waals surface area contributed by atoms with Gasteiger partial charge in [0.25, 0.3) is 11.6 Å². The van der Waals surface area contributed by atoms with Crippen LogP contribution < -0.4 is 5.32 Å². The van der Waals surface area contributed by atoms with Crippen molar-refractivity contribution in [2.24, 2.45) is 23.7 Å². The molecule has 6 rings (SSSR count). The van der Waals surface area contributed by atoms with Crippen molar-refractivity contribution in [1.82, 2.24) is 5.32 Å². The van der Waals surface area contributed by atoms with Crippen molar-refractivity contribution in [3.63, 3.8) is 0 Å². The molecule has 4 aliphatic rings. The van der Waals surface area contributed by atoms with Gasteiger partial charge in [0.15, 0.2) is 9.84 Å². The normalized spacial score (nSPS) is 27.3. The first-order valence-corrected chi connectivity index (χ1v) is 14.0. The topological polar surface area (TPSA) is 133 Å². The van der Waals surface area contributed by atoms with E-state index in [2.05, 4.69) is 5.32 Å². The largest absolute Gasteiger partial charge is 0.444 e. The lowest BCUT2D eigenvalue weighted by Gasteiger charge is -2.54. The van der Waals surface area contributed by atoms with E-state index in [0.717, 1.165) is 62.0 Å². The number of nitro benzene ring substituents is 1. The molecule has 0 saturated heterocycles. The maximum Gasteiger partial charge on any atom is 0.339 e. The molecule has 1 atom stereocenters. The number of hydrogen-bond acceptors (Lipinski definition) is 7. The van der Waals surface area contributed by atoms with Crippen LogP contribution in [0.4, 0.5) is 5.69 Å². The molecule has 4 saturated carbocycles. The van der Waals surface area contributed by atoms with E-state index in [0.29, 0.717) is 17.4 Å². The van der Waals surface area contributed by atoms with E-state index in [1.165, 1.54) is 6.42 Å². The molecular formula is C26H28N2O7S. The third-order valence-corrected chi connectivity index (χ3v) is 9.04. The zero-order valence-corrected chi connectivity index (χ0v) is 20.6. The number of carbonyl (C=O) groups is 2. The average molecular weight is 513 g/mol. The SMILES string of the molecule is CS(=O)(=O)c1ccc(C(=O)OC(C(=O)NC2C3CC4CC(C3)CC2C4)c2ccccc2)cc1[N+](=O)[O-]. The summed E-state index contributed by atoms with van der Waals surface area (Å²) in [4.78, 5) is 36.6. The van der Waals surface area contributed by atoms with Crippen LogP contribution in [0, 0.1) is 33.8 Å². The zero-order valence-electron chi connectivity index (χ0n) is 19.8. The first kappa shape index (κ1) is 24.4. The molecule has 1 N–H and O–H groups in total. The van der Waals surface area contributed by atoms with E-state index in [4.69, 9.17) is 4.74 Å². The monoisotopic (exact) mass is 512 g/mol. The van der Waals surface area contributed by atoms with E-state index >= 15 is 0 Å². The second-order valence-corrected chi connectivity index (χ2v) is 12.4. The first-order valence-electron chi connectivity index (χ1n) is 12.1. The Morgan fingerprint density at radius 1 is 1.00 bits per heavy atom. The average Bonchev–Trinajstić information content (AvgIpc) is 2.83. The van der Waals surface area contributed by atoms with Crippen molar-refractivity contribution in [2.45, 2.75) is 49.1 Å². The minimum Gasteiger partial charge on any atom is -0.444 e. The van der Waals surface area contributed by atoms with Gasteiger partial charge in [-0.05, 0) is 67.9 Å². The third kappa shape index (κ3) is 4.74. The van der Waals surface area contributed by atoms with E-state index in [9.17, 15) is 28.1 Å². The Bertz CT molecular complexity index is 1280. The fourth-order valence-electron chi connectivity index (χ4n) is 6.58. The summed E-state index contributed by atoms with van der Waals surface area (Å²) < 4.78 is 29.4. The highest BCUT2D eigenvalue weighted by molar-refractivity contribution is 7.90. The molecule has 4 bridgehead atoms. The Balaban J connectivity index is 1.39. The summed E-state index contributed by atoms with van der Waals surface area (Å²) in [6.07, 6.45) is 5.36. The highest BCUT2D eigenvalue weighted by Gasteiger charge is 2.49. The molecule has 0 aliphatic heterocycles. The number of sulfone groups is 1. The summed E-state index contributed by atoms with van der Waals surface area (Å²) >= 11 is 0. The predicted molar refractivity (Wildman–Crippen MR) is 130 cm³/mol. The van der Waals surface area contributed by atoms with Crippen LogP contribution in [0.15, 0.2) is 53.4 Å². The van der Waals surface area contributed by atoms with Gasteiger partial charge in [0.1, 0.15) is 4.90 Å². The van der Waals surface area contributed by atoms with Crippen LogP contribution in [0.2, 0.25) is 0 Å². The van der Waals surface area contributed by atoms with Crippen molar-refractivity contribution in [3.8, 4) is 0 Å². The Hall–Kier alpha value is -3.27. The molecule has 0 radical (unpaired) electrons. The van der Waals surface area contributed by atoms with Gasteiger partial charge in [-0.15, -0.1) is 0 Å². The van der Waals surface area contributed by atoms with Crippen molar-refractivity contribution < 1.29 is 27.7 Å². The Kier molecular flexibility index (Phi) is 6.32. The summed E-state index contributed by atoms with van der Waals surface area (Å²) in [5, 5.41) is 14.6. The Labute approximate surface area is 209 Å². The Morgan fingerprint density at radius 2 is 1.61 bits per heavy atom. The number of rotatable bonds is 7. The van der Waals surface area contributed by atoms with Gasteiger partial charge in [0.2, 0.25) is 6.10 Å². The molecule has 10 heteroatoms. The number of nitrogens with one attached hydrogen (secondary N) is 1. The fourth-order valence-corrected chi connectivity index (χ4v) is 7.41. The maximum atomic E-state index is 13.5. The van der Waals surface area contributed by atoms with Gasteiger partial charge in [-0.3, -0.25) is 14.9 Å². The third-order valence-electron chi connectivity index (χ3n) is 7.89. The highest BCUT2D eigenvalue weighted by Crippen LogP contribution is 2.53. The molecule has 190 valence electrons. The second kappa shape index (κ2) is 9.31. The van der Waals surface area contributed by atoms with Gasteiger partial charge >= 0.3 is 5.97 Å². The summed E-state index contributed by atoms with van der Waals surface area (Å²) in [5.41, 5.74) is -0.451. The lowest BCUT2D eigenvalue weighted by atomic mass is 9.54. The number of amides is 1. The molecule has 4 fully saturated rings. The number of benzene rings is 2. The number of nitrogens with zero attached hydrogens (tertiary/aromatic N) is 1. The lowest BCUT2D eigenvalue weighted by molar-refractivity contribution is -0.387. The fraction of sp³-hybridized carbons (Fsp3) is 0.462. The second-order valence-electron chi connectivity index (χ2n) is 10.4. The molecule has 36 heavy (non-hydrogen) atoms. The van der Waals surface area contributed by atoms with Crippen LogP contribution >= 0.6 is 0 Å². The van der Waals surface area contributed by atoms with E-state index < -0.39 is 43.3 Å². The van der Waals surface area contributed by atoms with Crippen LogP contribution in [0.3, 0.4) is 0 Å². The minimum absolute atomic E-state index is 0.0466. The quantitative estimate of drug-likeness (QED) is 0.339. The predicted octanol–water partition coefficient (Wildman–Crippen LogP) is 3.84. The minimum atomic E-state index is -3.88. The molecule has 2 aromatic carbocycles. The zero-order chi connectivity index (χ0) is 25.6. The smallest absolute Gasteiger partial charge is 0.339 e. The van der Waals surface area contributed by atoms with Crippen LogP contribution in [0.25, 0.3) is 0 Å². The van der Waals surface area contributed by atoms with Crippen LogP contribution in [0.1, 0.15) is 54.1 Å². The molecule has 9 nitrogen and oxygen atoms in total. The molecule has 0 aromatic heterocycles. The molecule has 0 spiro atoms. The van der Waals surface area contributed by atoms with Crippen LogP contribution in [0.5, 0.6) is 0 Å². The van der Waals surface area contributed by atoms with Gasteiger partial charge in [-0.1, -0.05) is 30.3 Å². The van der Waals surface area contributed by atoms with E-state index in [1.807, 2.05) is 0 Å². The van der Waals surface area contributed by atoms with Gasteiger partial charge in [-0.25, -0.2) is 13.2 Å². The van der Waals surface area contributed by atoms with Gasteiger partial charge < -0.3 is 10.1 Å². The standard InChI is InChI=1S/C26H28N2O7S/c1-36(33,34)22-8-7-18(14-21(22)28(31)32)26(30)35-24(17-5-3-2-4-6-17)25(29)27-23-19-10-15-9-16(12-19)13-20(23)11-15/h2-8,14-16,19-20,23-24H,9-13H2,1H3,(H,27,29). The molecule has 1 amide bonds. The van der Waals surface area contributed by atoms with Crippen LogP contribution in [-0.2, 0) is 19.4 Å². The summed E-state index contributed by atoms with van der Waals surface area (Å²) in [6.45, 7) is 0. The summed E-state index contributed by atoms with van der Waals surface area (Å²) in [7, 11) is -3.88. The van der Waals surface area contributed by atoms with Crippen molar-refractivity contribution in [3.05, 3.63) is 69.8 Å². The molecular weight excluding hydrogens is 484 g/mol.